The van der Waals surface area contributed by atoms with E-state index < -0.39 is 34.7 Å². The monoisotopic (exact) mass is 438 g/mol. The van der Waals surface area contributed by atoms with Crippen LogP contribution in [0, 0.1) is 0 Å². The first kappa shape index (κ1) is 22.6. The van der Waals surface area contributed by atoms with Crippen molar-refractivity contribution in [3.63, 3.8) is 0 Å². The Kier molecular flexibility index (Phi) is 5.42. The lowest BCUT2D eigenvalue weighted by atomic mass is 9.77. The van der Waals surface area contributed by atoms with Gasteiger partial charge >= 0.3 is 12.1 Å². The van der Waals surface area contributed by atoms with Gasteiger partial charge in [-0.3, -0.25) is 4.79 Å². The second kappa shape index (κ2) is 7.46. The van der Waals surface area contributed by atoms with Gasteiger partial charge in [-0.25, -0.2) is 4.79 Å². The van der Waals surface area contributed by atoms with Crippen LogP contribution in [-0.4, -0.2) is 65.6 Å². The highest BCUT2D eigenvalue weighted by Crippen LogP contribution is 2.51. The van der Waals surface area contributed by atoms with Crippen molar-refractivity contribution in [2.45, 2.75) is 114 Å². The Labute approximate surface area is 183 Å². The SMILES string of the molecule is C=CC[C@]1(C)O[C@@H]2CC[C@]3(C)O[C@@H]4COC(=O)O[C@@]4(C)C[C@H]3O[C@@]2(C)C[C@H]1OC(C)=O. The van der Waals surface area contributed by atoms with Crippen molar-refractivity contribution in [3.8, 4) is 0 Å². The summed E-state index contributed by atoms with van der Waals surface area (Å²) < 4.78 is 36.1. The van der Waals surface area contributed by atoms with E-state index in [4.69, 9.17) is 28.4 Å². The highest BCUT2D eigenvalue weighted by atomic mass is 16.8. The Morgan fingerprint density at radius 1 is 1.06 bits per heavy atom. The van der Waals surface area contributed by atoms with Crippen LogP contribution in [0.1, 0.15) is 66.7 Å². The average molecular weight is 439 g/mol. The van der Waals surface area contributed by atoms with Crippen molar-refractivity contribution in [1.82, 2.24) is 0 Å². The number of ether oxygens (including phenoxy) is 6. The second-order valence-corrected chi connectivity index (χ2v) is 10.3. The van der Waals surface area contributed by atoms with E-state index in [0.29, 0.717) is 19.3 Å². The first-order chi connectivity index (χ1) is 14.4. The minimum Gasteiger partial charge on any atom is -0.459 e. The standard InChI is InChI=1S/C23H34O8/c1-7-9-20(3)16(27-14(2)24)11-22(5)15(28-20)8-10-21(4)17(29-22)12-23(6)18(30-21)13-26-19(25)31-23/h7,15-18H,1,8-13H2,2-6H3/t15-,16-,17-,18-,20+,21+,22+,23+/m1/s1. The number of cyclic esters (lactones) is 1. The fraction of sp³-hybridized carbons (Fsp3) is 0.826. The van der Waals surface area contributed by atoms with Crippen molar-refractivity contribution in [2.75, 3.05) is 6.61 Å². The molecule has 0 saturated carbocycles. The summed E-state index contributed by atoms with van der Waals surface area (Å²) in [5.41, 5.74) is -2.77. The second-order valence-electron chi connectivity index (χ2n) is 10.3. The molecule has 0 aromatic carbocycles. The third-order valence-corrected chi connectivity index (χ3v) is 7.57. The van der Waals surface area contributed by atoms with Gasteiger partial charge < -0.3 is 28.4 Å². The molecule has 0 bridgehead atoms. The van der Waals surface area contributed by atoms with Crippen molar-refractivity contribution in [1.29, 1.82) is 0 Å². The number of esters is 1. The Bertz CT molecular complexity index is 769. The predicted octanol–water partition coefficient (Wildman–Crippen LogP) is 3.45. The zero-order valence-electron chi connectivity index (χ0n) is 19.1. The molecule has 4 heterocycles. The summed E-state index contributed by atoms with van der Waals surface area (Å²) >= 11 is 0. The van der Waals surface area contributed by atoms with Crippen molar-refractivity contribution >= 4 is 12.1 Å². The van der Waals surface area contributed by atoms with Crippen LogP contribution in [0.15, 0.2) is 12.7 Å². The van der Waals surface area contributed by atoms with Gasteiger partial charge in [0.2, 0.25) is 0 Å². The molecule has 8 heteroatoms. The molecule has 4 aliphatic rings. The van der Waals surface area contributed by atoms with Gasteiger partial charge in [0.15, 0.2) is 0 Å². The maximum absolute atomic E-state index is 11.8. The number of fused-ring (bicyclic) bond motifs is 3. The van der Waals surface area contributed by atoms with Gasteiger partial charge in [0.05, 0.1) is 23.4 Å². The predicted molar refractivity (Wildman–Crippen MR) is 110 cm³/mol. The van der Waals surface area contributed by atoms with Gasteiger partial charge in [-0.05, 0) is 47.0 Å². The minimum absolute atomic E-state index is 0.167. The molecule has 0 amide bonds. The summed E-state index contributed by atoms with van der Waals surface area (Å²) in [7, 11) is 0. The molecule has 0 aromatic rings. The lowest BCUT2D eigenvalue weighted by Gasteiger charge is -2.55. The van der Waals surface area contributed by atoms with Gasteiger partial charge in [0.1, 0.15) is 30.0 Å². The molecule has 8 nitrogen and oxygen atoms in total. The molecule has 0 aliphatic carbocycles. The van der Waals surface area contributed by atoms with Gasteiger partial charge in [-0.15, -0.1) is 6.58 Å². The van der Waals surface area contributed by atoms with Crippen LogP contribution in [0.4, 0.5) is 4.79 Å². The maximum atomic E-state index is 11.8. The summed E-state index contributed by atoms with van der Waals surface area (Å²) in [6.45, 7) is 13.3. The smallest absolute Gasteiger partial charge is 0.459 e. The summed E-state index contributed by atoms with van der Waals surface area (Å²) in [4.78, 5) is 23.6. The number of hydrogen-bond donors (Lipinski definition) is 0. The number of rotatable bonds is 3. The van der Waals surface area contributed by atoms with E-state index in [2.05, 4.69) is 6.58 Å². The summed E-state index contributed by atoms with van der Waals surface area (Å²) in [6, 6.07) is 0. The van der Waals surface area contributed by atoms with Crippen molar-refractivity contribution in [2.24, 2.45) is 0 Å². The topological polar surface area (TPSA) is 89.5 Å². The van der Waals surface area contributed by atoms with E-state index in [0.717, 1.165) is 12.8 Å². The molecule has 0 spiro atoms. The Morgan fingerprint density at radius 3 is 2.45 bits per heavy atom. The highest BCUT2D eigenvalue weighted by molar-refractivity contribution is 5.66. The van der Waals surface area contributed by atoms with Gasteiger partial charge in [0.25, 0.3) is 0 Å². The van der Waals surface area contributed by atoms with Crippen molar-refractivity contribution in [3.05, 3.63) is 12.7 Å². The molecule has 31 heavy (non-hydrogen) atoms. The Morgan fingerprint density at radius 2 is 1.77 bits per heavy atom. The molecule has 0 radical (unpaired) electrons. The van der Waals surface area contributed by atoms with Crippen LogP contribution in [0.25, 0.3) is 0 Å². The van der Waals surface area contributed by atoms with E-state index in [1.807, 2.05) is 27.7 Å². The van der Waals surface area contributed by atoms with E-state index in [1.54, 1.807) is 6.08 Å². The molecule has 0 aromatic heterocycles. The number of hydrogen-bond acceptors (Lipinski definition) is 8. The third-order valence-electron chi connectivity index (χ3n) is 7.57. The molecule has 8 atom stereocenters. The molecule has 4 aliphatic heterocycles. The fourth-order valence-electron chi connectivity index (χ4n) is 5.61. The van der Waals surface area contributed by atoms with E-state index in [1.165, 1.54) is 6.92 Å². The van der Waals surface area contributed by atoms with Crippen LogP contribution in [0.3, 0.4) is 0 Å². The molecular weight excluding hydrogens is 404 g/mol. The molecule has 4 fully saturated rings. The molecule has 174 valence electrons. The van der Waals surface area contributed by atoms with E-state index >= 15 is 0 Å². The molecular formula is C23H34O8. The largest absolute Gasteiger partial charge is 0.509 e. The zero-order valence-corrected chi connectivity index (χ0v) is 19.1. The average Bonchev–Trinajstić information content (AvgIpc) is 2.74. The molecule has 0 unspecified atom stereocenters. The quantitative estimate of drug-likeness (QED) is 0.489. The molecule has 4 saturated heterocycles. The van der Waals surface area contributed by atoms with Gasteiger partial charge in [-0.2, -0.15) is 0 Å². The van der Waals surface area contributed by atoms with Crippen LogP contribution in [0.5, 0.6) is 0 Å². The first-order valence-electron chi connectivity index (χ1n) is 11.1. The molecule has 4 rings (SSSR count). The van der Waals surface area contributed by atoms with E-state index in [-0.39, 0.29) is 30.9 Å². The van der Waals surface area contributed by atoms with E-state index in [9.17, 15) is 9.59 Å². The summed E-state index contributed by atoms with van der Waals surface area (Å²) in [6.07, 6.45) is 2.76. The lowest BCUT2D eigenvalue weighted by Crippen LogP contribution is -2.66. The normalized spacial score (nSPS) is 49.3. The lowest BCUT2D eigenvalue weighted by molar-refractivity contribution is -0.316. The number of carbonyl (C=O) groups is 2. The van der Waals surface area contributed by atoms with Gasteiger partial charge in [0, 0.05) is 19.8 Å². The van der Waals surface area contributed by atoms with Crippen molar-refractivity contribution < 1.29 is 38.0 Å². The van der Waals surface area contributed by atoms with Crippen LogP contribution in [-0.2, 0) is 33.2 Å². The summed E-state index contributed by atoms with van der Waals surface area (Å²) in [5.74, 6) is -0.352. The van der Waals surface area contributed by atoms with Crippen LogP contribution >= 0.6 is 0 Å². The maximum Gasteiger partial charge on any atom is 0.509 e. The Hall–Kier alpha value is -1.64. The third kappa shape index (κ3) is 3.87. The fourth-order valence-corrected chi connectivity index (χ4v) is 5.61. The van der Waals surface area contributed by atoms with Crippen LogP contribution in [0.2, 0.25) is 0 Å². The summed E-state index contributed by atoms with van der Waals surface area (Å²) in [5, 5.41) is 0. The minimum atomic E-state index is -0.822. The van der Waals surface area contributed by atoms with Gasteiger partial charge in [-0.1, -0.05) is 6.08 Å². The van der Waals surface area contributed by atoms with Crippen LogP contribution < -0.4 is 0 Å². The highest BCUT2D eigenvalue weighted by Gasteiger charge is 2.62. The first-order valence-corrected chi connectivity index (χ1v) is 11.1. The molecule has 0 N–H and O–H groups in total. The number of carbonyl (C=O) groups excluding carboxylic acids is 2. The Balaban J connectivity index is 1.63. The zero-order chi connectivity index (χ0) is 22.7.